The number of hydrogen-bond acceptors (Lipinski definition) is 8. The smallest absolute Gasteiger partial charge is 0.337 e. The lowest BCUT2D eigenvalue weighted by molar-refractivity contribution is -0.159. The van der Waals surface area contributed by atoms with E-state index in [1.807, 2.05) is 0 Å². The summed E-state index contributed by atoms with van der Waals surface area (Å²) in [6.45, 7) is 6.48. The third-order valence-electron chi connectivity index (χ3n) is 2.92. The predicted molar refractivity (Wildman–Crippen MR) is 78.1 cm³/mol. The van der Waals surface area contributed by atoms with Gasteiger partial charge in [-0.25, -0.2) is 4.79 Å². The third kappa shape index (κ3) is 6.94. The van der Waals surface area contributed by atoms with Gasteiger partial charge < -0.3 is 18.9 Å². The van der Waals surface area contributed by atoms with Gasteiger partial charge in [-0.1, -0.05) is 6.58 Å². The molecule has 1 unspecified atom stereocenters. The van der Waals surface area contributed by atoms with Gasteiger partial charge >= 0.3 is 23.9 Å². The molecule has 1 atom stereocenters. The monoisotopic (exact) mass is 330 g/mol. The quantitative estimate of drug-likeness (QED) is 0.264. The van der Waals surface area contributed by atoms with E-state index in [4.69, 9.17) is 9.47 Å². The molecule has 130 valence electrons. The molecule has 0 aromatic rings. The number of rotatable bonds is 9. The maximum absolute atomic E-state index is 11.7. The molecular formula is C15H22O8. The fraction of sp³-hybridized carbons (Fsp3) is 0.600. The Morgan fingerprint density at radius 2 is 1.52 bits per heavy atom. The standard InChI is InChI=1S/C15H22O8/c1-6-22-13(17)9(2)12(23-10(3)16)8-7-11(14(18)20-4)15(19)21-5/h11-12H,2,6-8H2,1,3-5H3. The van der Waals surface area contributed by atoms with E-state index < -0.39 is 35.9 Å². The van der Waals surface area contributed by atoms with Crippen molar-refractivity contribution >= 4 is 23.9 Å². The Labute approximate surface area is 134 Å². The van der Waals surface area contributed by atoms with Gasteiger partial charge in [0.25, 0.3) is 0 Å². The molecule has 0 fully saturated rings. The average Bonchev–Trinajstić information content (AvgIpc) is 2.52. The third-order valence-corrected chi connectivity index (χ3v) is 2.92. The van der Waals surface area contributed by atoms with Crippen molar-refractivity contribution in [3.8, 4) is 0 Å². The Bertz CT molecular complexity index is 452. The van der Waals surface area contributed by atoms with E-state index in [0.717, 1.165) is 14.2 Å². The molecule has 0 bridgehead atoms. The summed E-state index contributed by atoms with van der Waals surface area (Å²) in [5.74, 6) is -4.09. The second-order valence-electron chi connectivity index (χ2n) is 4.52. The van der Waals surface area contributed by atoms with E-state index in [1.54, 1.807) is 6.92 Å². The summed E-state index contributed by atoms with van der Waals surface area (Å²) in [6, 6.07) is 0. The summed E-state index contributed by atoms with van der Waals surface area (Å²) in [7, 11) is 2.28. The lowest BCUT2D eigenvalue weighted by Gasteiger charge is -2.20. The molecule has 8 nitrogen and oxygen atoms in total. The van der Waals surface area contributed by atoms with E-state index in [-0.39, 0.29) is 25.0 Å². The van der Waals surface area contributed by atoms with Crippen molar-refractivity contribution in [3.63, 3.8) is 0 Å². The molecule has 23 heavy (non-hydrogen) atoms. The summed E-state index contributed by atoms with van der Waals surface area (Å²) >= 11 is 0. The molecule has 0 amide bonds. The first kappa shape index (κ1) is 20.6. The Balaban J connectivity index is 5.03. The van der Waals surface area contributed by atoms with Gasteiger partial charge in [0.1, 0.15) is 6.10 Å². The van der Waals surface area contributed by atoms with Crippen LogP contribution >= 0.6 is 0 Å². The lowest BCUT2D eigenvalue weighted by atomic mass is 9.98. The first-order valence-corrected chi connectivity index (χ1v) is 6.97. The van der Waals surface area contributed by atoms with Gasteiger partial charge in [-0.2, -0.15) is 0 Å². The van der Waals surface area contributed by atoms with Gasteiger partial charge in [-0.15, -0.1) is 0 Å². The van der Waals surface area contributed by atoms with Crippen molar-refractivity contribution in [2.45, 2.75) is 32.8 Å². The van der Waals surface area contributed by atoms with Crippen molar-refractivity contribution in [1.82, 2.24) is 0 Å². The number of ether oxygens (including phenoxy) is 4. The van der Waals surface area contributed by atoms with Crippen LogP contribution in [0.25, 0.3) is 0 Å². The average molecular weight is 330 g/mol. The molecule has 0 spiro atoms. The molecule has 0 N–H and O–H groups in total. The largest absolute Gasteiger partial charge is 0.468 e. The topological polar surface area (TPSA) is 105 Å². The molecule has 0 aliphatic heterocycles. The normalized spacial score (nSPS) is 11.3. The minimum Gasteiger partial charge on any atom is -0.468 e. The minimum atomic E-state index is -1.18. The molecule has 0 saturated heterocycles. The Kier molecular flexibility index (Phi) is 9.29. The zero-order chi connectivity index (χ0) is 18.0. The van der Waals surface area contributed by atoms with Gasteiger partial charge in [-0.05, 0) is 19.8 Å². The van der Waals surface area contributed by atoms with Crippen molar-refractivity contribution in [2.24, 2.45) is 5.92 Å². The minimum absolute atomic E-state index is 0.00605. The highest BCUT2D eigenvalue weighted by atomic mass is 16.6. The van der Waals surface area contributed by atoms with E-state index in [2.05, 4.69) is 16.1 Å². The van der Waals surface area contributed by atoms with Crippen LogP contribution in [-0.4, -0.2) is 50.8 Å². The first-order valence-electron chi connectivity index (χ1n) is 6.97. The highest BCUT2D eigenvalue weighted by molar-refractivity contribution is 5.94. The summed E-state index contributed by atoms with van der Waals surface area (Å²) in [5.41, 5.74) is -0.0736. The van der Waals surface area contributed by atoms with E-state index >= 15 is 0 Å². The van der Waals surface area contributed by atoms with Gasteiger partial charge in [0.15, 0.2) is 5.92 Å². The van der Waals surface area contributed by atoms with Crippen LogP contribution in [0.15, 0.2) is 12.2 Å². The molecule has 0 heterocycles. The van der Waals surface area contributed by atoms with Gasteiger partial charge in [-0.3, -0.25) is 14.4 Å². The fourth-order valence-corrected chi connectivity index (χ4v) is 1.79. The maximum Gasteiger partial charge on any atom is 0.337 e. The van der Waals surface area contributed by atoms with Gasteiger partial charge in [0.05, 0.1) is 26.4 Å². The second-order valence-corrected chi connectivity index (χ2v) is 4.52. The van der Waals surface area contributed by atoms with Crippen molar-refractivity contribution in [1.29, 1.82) is 0 Å². The SMILES string of the molecule is C=C(C(=O)OCC)C(CCC(C(=O)OC)C(=O)OC)OC(C)=O. The molecular weight excluding hydrogens is 308 g/mol. The van der Waals surface area contributed by atoms with Crippen molar-refractivity contribution in [2.75, 3.05) is 20.8 Å². The van der Waals surface area contributed by atoms with Crippen LogP contribution in [0.4, 0.5) is 0 Å². The summed E-state index contributed by atoms with van der Waals surface area (Å²) < 4.78 is 18.9. The molecule has 0 aromatic heterocycles. The molecule has 8 heteroatoms. The highest BCUT2D eigenvalue weighted by Crippen LogP contribution is 2.19. The molecule has 0 rings (SSSR count). The zero-order valence-corrected chi connectivity index (χ0v) is 13.7. The van der Waals surface area contributed by atoms with Crippen molar-refractivity contribution in [3.05, 3.63) is 12.2 Å². The van der Waals surface area contributed by atoms with E-state index in [9.17, 15) is 19.2 Å². The number of esters is 4. The summed E-state index contributed by atoms with van der Waals surface area (Å²) in [6.07, 6.45) is -1.05. The van der Waals surface area contributed by atoms with Crippen LogP contribution < -0.4 is 0 Å². The molecule has 0 aliphatic carbocycles. The predicted octanol–water partition coefficient (Wildman–Crippen LogP) is 0.780. The highest BCUT2D eigenvalue weighted by Gasteiger charge is 2.31. The number of carbonyl (C=O) groups excluding carboxylic acids is 4. The Hall–Kier alpha value is -2.38. The number of carbonyl (C=O) groups is 4. The van der Waals surface area contributed by atoms with Gasteiger partial charge in [0.2, 0.25) is 0 Å². The van der Waals surface area contributed by atoms with E-state index in [1.165, 1.54) is 6.92 Å². The van der Waals surface area contributed by atoms with Crippen LogP contribution in [-0.2, 0) is 38.1 Å². The Morgan fingerprint density at radius 1 is 1.00 bits per heavy atom. The summed E-state index contributed by atoms with van der Waals surface area (Å²) in [5, 5.41) is 0. The van der Waals surface area contributed by atoms with Crippen LogP contribution in [0.1, 0.15) is 26.7 Å². The lowest BCUT2D eigenvalue weighted by Crippen LogP contribution is -2.30. The zero-order valence-electron chi connectivity index (χ0n) is 13.7. The van der Waals surface area contributed by atoms with Crippen molar-refractivity contribution < 1.29 is 38.1 Å². The molecule has 0 aromatic carbocycles. The Morgan fingerprint density at radius 3 is 1.91 bits per heavy atom. The molecule has 0 aliphatic rings. The van der Waals surface area contributed by atoms with E-state index in [0.29, 0.717) is 0 Å². The van der Waals surface area contributed by atoms with Gasteiger partial charge in [0, 0.05) is 6.92 Å². The maximum atomic E-state index is 11.7. The molecule has 0 radical (unpaired) electrons. The van der Waals surface area contributed by atoms with Crippen LogP contribution in [0.3, 0.4) is 0 Å². The first-order chi connectivity index (χ1) is 10.8. The molecule has 0 saturated carbocycles. The number of hydrogen-bond donors (Lipinski definition) is 0. The van der Waals surface area contributed by atoms with Crippen LogP contribution in [0, 0.1) is 5.92 Å². The van der Waals surface area contributed by atoms with Crippen LogP contribution in [0.5, 0.6) is 0 Å². The second kappa shape index (κ2) is 10.4. The fourth-order valence-electron chi connectivity index (χ4n) is 1.79. The number of methoxy groups -OCH3 is 2. The van der Waals surface area contributed by atoms with Crippen LogP contribution in [0.2, 0.25) is 0 Å². The summed E-state index contributed by atoms with van der Waals surface area (Å²) in [4.78, 5) is 46.1.